The van der Waals surface area contributed by atoms with E-state index in [0.29, 0.717) is 0 Å². The molecule has 1 aromatic rings. The number of carbonyl (C=O) groups excluding carboxylic acids is 1. The molecule has 2 N–H and O–H groups in total. The van der Waals surface area contributed by atoms with Crippen LogP contribution in [0.1, 0.15) is 23.5 Å². The second kappa shape index (κ2) is 2.58. The van der Waals surface area contributed by atoms with E-state index in [1.54, 1.807) is 11.0 Å². The molecule has 1 amide bonds. The first-order valence-electron chi connectivity index (χ1n) is 3.95. The Kier molecular flexibility index (Phi) is 1.56. The van der Waals surface area contributed by atoms with Gasteiger partial charge in [0.2, 0.25) is 5.82 Å². The van der Waals surface area contributed by atoms with Crippen LogP contribution in [0.25, 0.3) is 0 Å². The van der Waals surface area contributed by atoms with Crippen molar-refractivity contribution in [3.05, 3.63) is 12.2 Å². The highest BCUT2D eigenvalue weighted by Gasteiger charge is 2.22. The second-order valence-electron chi connectivity index (χ2n) is 3.10. The van der Waals surface area contributed by atoms with E-state index in [4.69, 9.17) is 5.73 Å². The molecule has 0 atom stereocenters. The molecule has 1 aliphatic rings. The number of amides is 1. The quantitative estimate of drug-likeness (QED) is 0.675. The van der Waals surface area contributed by atoms with E-state index in [-0.39, 0.29) is 5.82 Å². The summed E-state index contributed by atoms with van der Waals surface area (Å²) in [6.07, 6.45) is 4.07. The first-order valence-corrected chi connectivity index (χ1v) is 3.95. The highest BCUT2D eigenvalue weighted by Crippen LogP contribution is 2.30. The number of primary amides is 1. The van der Waals surface area contributed by atoms with E-state index in [9.17, 15) is 4.79 Å². The van der Waals surface area contributed by atoms with Gasteiger partial charge < -0.3 is 5.73 Å². The fourth-order valence-corrected chi connectivity index (χ4v) is 1.06. The van der Waals surface area contributed by atoms with Gasteiger partial charge in [0.25, 0.3) is 5.91 Å². The molecule has 0 aromatic carbocycles. The number of hydrogen-bond acceptors (Lipinski definition) is 3. The summed E-state index contributed by atoms with van der Waals surface area (Å²) >= 11 is 0. The zero-order valence-corrected chi connectivity index (χ0v) is 6.60. The van der Waals surface area contributed by atoms with Crippen LogP contribution in [-0.4, -0.2) is 20.7 Å². The highest BCUT2D eigenvalue weighted by atomic mass is 16.1. The Morgan fingerprint density at radius 3 is 3.00 bits per heavy atom. The topological polar surface area (TPSA) is 73.8 Å². The minimum atomic E-state index is -0.565. The molecule has 64 valence electrons. The molecule has 0 aliphatic heterocycles. The van der Waals surface area contributed by atoms with Crippen molar-refractivity contribution in [3.63, 3.8) is 0 Å². The van der Waals surface area contributed by atoms with Crippen molar-refractivity contribution in [3.8, 4) is 0 Å². The summed E-state index contributed by atoms with van der Waals surface area (Å²) in [5, 5.41) is 3.92. The van der Waals surface area contributed by atoms with Gasteiger partial charge in [-0.2, -0.15) is 0 Å². The van der Waals surface area contributed by atoms with Gasteiger partial charge >= 0.3 is 0 Å². The molecule has 0 unspecified atom stereocenters. The molecule has 0 saturated heterocycles. The Morgan fingerprint density at radius 2 is 2.50 bits per heavy atom. The Morgan fingerprint density at radius 1 is 1.75 bits per heavy atom. The van der Waals surface area contributed by atoms with Crippen LogP contribution in [0, 0.1) is 5.92 Å². The van der Waals surface area contributed by atoms with Crippen molar-refractivity contribution in [2.45, 2.75) is 19.4 Å². The summed E-state index contributed by atoms with van der Waals surface area (Å²) in [7, 11) is 0. The standard InChI is InChI=1S/C7H10N4O/c8-6(12)7-9-4-11(10-7)3-5-1-2-5/h4-5H,1-3H2,(H2,8,12). The first-order chi connectivity index (χ1) is 5.75. The summed E-state index contributed by atoms with van der Waals surface area (Å²) < 4.78 is 1.68. The predicted octanol–water partition coefficient (Wildman–Crippen LogP) is -0.213. The smallest absolute Gasteiger partial charge is 0.288 e. The molecule has 5 nitrogen and oxygen atoms in total. The number of aromatic nitrogens is 3. The van der Waals surface area contributed by atoms with E-state index < -0.39 is 5.91 Å². The minimum absolute atomic E-state index is 0.107. The maximum absolute atomic E-state index is 10.6. The average Bonchev–Trinajstić information content (AvgIpc) is 2.66. The Labute approximate surface area is 69.6 Å². The molecular formula is C7H10N4O. The van der Waals surface area contributed by atoms with Crippen LogP contribution in [0.2, 0.25) is 0 Å². The van der Waals surface area contributed by atoms with Crippen molar-refractivity contribution in [1.82, 2.24) is 14.8 Å². The number of hydrogen-bond donors (Lipinski definition) is 1. The van der Waals surface area contributed by atoms with Crippen LogP contribution in [0.15, 0.2) is 6.33 Å². The molecule has 5 heteroatoms. The van der Waals surface area contributed by atoms with E-state index in [0.717, 1.165) is 12.5 Å². The Balaban J connectivity index is 2.06. The SMILES string of the molecule is NC(=O)c1ncn(CC2CC2)n1. The first kappa shape index (κ1) is 7.27. The van der Waals surface area contributed by atoms with Gasteiger partial charge in [-0.05, 0) is 18.8 Å². The summed E-state index contributed by atoms with van der Waals surface area (Å²) in [6.45, 7) is 0.861. The van der Waals surface area contributed by atoms with Crippen molar-refractivity contribution in [1.29, 1.82) is 0 Å². The van der Waals surface area contributed by atoms with Gasteiger partial charge in [-0.3, -0.25) is 9.48 Å². The van der Waals surface area contributed by atoms with E-state index in [2.05, 4.69) is 10.1 Å². The van der Waals surface area contributed by atoms with E-state index in [1.807, 2.05) is 0 Å². The molecule has 1 aliphatic carbocycles. The lowest BCUT2D eigenvalue weighted by Crippen LogP contribution is -2.13. The molecule has 2 rings (SSSR count). The third kappa shape index (κ3) is 1.44. The Bertz CT molecular complexity index is 302. The molecule has 0 bridgehead atoms. The molecule has 12 heavy (non-hydrogen) atoms. The number of nitrogens with zero attached hydrogens (tertiary/aromatic N) is 3. The van der Waals surface area contributed by atoms with Gasteiger partial charge in [0, 0.05) is 6.54 Å². The maximum Gasteiger partial charge on any atom is 0.288 e. The van der Waals surface area contributed by atoms with Crippen LogP contribution in [0.3, 0.4) is 0 Å². The van der Waals surface area contributed by atoms with Gasteiger partial charge in [-0.1, -0.05) is 0 Å². The zero-order chi connectivity index (χ0) is 8.55. The second-order valence-corrected chi connectivity index (χ2v) is 3.10. The van der Waals surface area contributed by atoms with Gasteiger partial charge in [0.15, 0.2) is 0 Å². The lowest BCUT2D eigenvalue weighted by Gasteiger charge is -1.94. The lowest BCUT2D eigenvalue weighted by atomic mass is 10.4. The predicted molar refractivity (Wildman–Crippen MR) is 41.3 cm³/mol. The normalized spacial score (nSPS) is 16.3. The highest BCUT2D eigenvalue weighted by molar-refractivity contribution is 5.88. The van der Waals surface area contributed by atoms with Gasteiger partial charge in [-0.25, -0.2) is 4.98 Å². The summed E-state index contributed by atoms with van der Waals surface area (Å²) in [6, 6.07) is 0. The maximum atomic E-state index is 10.6. The number of nitrogens with two attached hydrogens (primary N) is 1. The van der Waals surface area contributed by atoms with E-state index >= 15 is 0 Å². The van der Waals surface area contributed by atoms with Gasteiger partial charge in [0.05, 0.1) is 0 Å². The zero-order valence-electron chi connectivity index (χ0n) is 6.60. The third-order valence-corrected chi connectivity index (χ3v) is 1.90. The number of rotatable bonds is 3. The van der Waals surface area contributed by atoms with Gasteiger partial charge in [-0.15, -0.1) is 5.10 Å². The van der Waals surface area contributed by atoms with Crippen LogP contribution >= 0.6 is 0 Å². The average molecular weight is 166 g/mol. The molecule has 1 fully saturated rings. The lowest BCUT2D eigenvalue weighted by molar-refractivity contribution is 0.0990. The molecular weight excluding hydrogens is 156 g/mol. The molecule has 1 aromatic heterocycles. The summed E-state index contributed by atoms with van der Waals surface area (Å²) in [4.78, 5) is 14.4. The number of carbonyl (C=O) groups is 1. The Hall–Kier alpha value is -1.39. The molecule has 1 saturated carbocycles. The third-order valence-electron chi connectivity index (χ3n) is 1.90. The van der Waals surface area contributed by atoms with Gasteiger partial charge in [0.1, 0.15) is 6.33 Å². The summed E-state index contributed by atoms with van der Waals surface area (Å²) in [5.74, 6) is 0.271. The van der Waals surface area contributed by atoms with Crippen molar-refractivity contribution in [2.24, 2.45) is 11.7 Å². The van der Waals surface area contributed by atoms with Crippen LogP contribution in [0.4, 0.5) is 0 Å². The fraction of sp³-hybridized carbons (Fsp3) is 0.571. The molecule has 0 radical (unpaired) electrons. The van der Waals surface area contributed by atoms with Crippen molar-refractivity contribution < 1.29 is 4.79 Å². The van der Waals surface area contributed by atoms with Crippen molar-refractivity contribution >= 4 is 5.91 Å². The largest absolute Gasteiger partial charge is 0.363 e. The monoisotopic (exact) mass is 166 g/mol. The molecule has 0 spiro atoms. The minimum Gasteiger partial charge on any atom is -0.363 e. The fourth-order valence-electron chi connectivity index (χ4n) is 1.06. The van der Waals surface area contributed by atoms with Crippen LogP contribution in [-0.2, 0) is 6.54 Å². The van der Waals surface area contributed by atoms with Crippen LogP contribution in [0.5, 0.6) is 0 Å². The van der Waals surface area contributed by atoms with E-state index in [1.165, 1.54) is 12.8 Å². The summed E-state index contributed by atoms with van der Waals surface area (Å²) in [5.41, 5.74) is 5.00. The van der Waals surface area contributed by atoms with Crippen molar-refractivity contribution in [2.75, 3.05) is 0 Å². The molecule has 1 heterocycles. The van der Waals surface area contributed by atoms with Crippen LogP contribution < -0.4 is 5.73 Å².